The molecule has 8 nitrogen and oxygen atoms in total. The van der Waals surface area contributed by atoms with E-state index in [-0.39, 0.29) is 43.7 Å². The van der Waals surface area contributed by atoms with Gasteiger partial charge in [-0.05, 0) is 78.3 Å². The molecule has 1 amide bonds. The predicted molar refractivity (Wildman–Crippen MR) is 175 cm³/mol. The van der Waals surface area contributed by atoms with Gasteiger partial charge in [-0.3, -0.25) is 9.59 Å². The van der Waals surface area contributed by atoms with E-state index in [2.05, 4.69) is 0 Å². The van der Waals surface area contributed by atoms with Gasteiger partial charge in [0.15, 0.2) is 0 Å². The number of piperidine rings is 1. The van der Waals surface area contributed by atoms with Gasteiger partial charge in [-0.25, -0.2) is 8.42 Å². The standard InChI is InChI=1S/C34H38Cl2N2O6S/c1-34(19-31(39)40)18-29(25-7-5-8-27(36)17-25)32(24-12-14-26(35)15-13-24)38(33(34)41)30(23-10-11-23)21-37(45(3,42)43)20-22-6-4-9-28(16-22)44-2/h4-9,12-17,23,29-30,32H,10-11,18-21H2,1-3H3,(H,39,40)/t29-,30-,32-,34-/m1/s1. The lowest BCUT2D eigenvalue weighted by molar-refractivity contribution is -0.161. The van der Waals surface area contributed by atoms with E-state index >= 15 is 0 Å². The number of halogens is 2. The molecule has 1 aliphatic carbocycles. The number of benzene rings is 3. The largest absolute Gasteiger partial charge is 0.497 e. The summed E-state index contributed by atoms with van der Waals surface area (Å²) in [6.45, 7) is 1.86. The van der Waals surface area contributed by atoms with Gasteiger partial charge in [0.1, 0.15) is 5.75 Å². The number of carbonyl (C=O) groups is 2. The number of amides is 1. The van der Waals surface area contributed by atoms with Gasteiger partial charge in [0.25, 0.3) is 0 Å². The third-order valence-electron chi connectivity index (χ3n) is 9.01. The highest BCUT2D eigenvalue weighted by Gasteiger charge is 2.55. The van der Waals surface area contributed by atoms with Gasteiger partial charge >= 0.3 is 5.97 Å². The van der Waals surface area contributed by atoms with Crippen molar-refractivity contribution < 1.29 is 27.9 Å². The fourth-order valence-electron chi connectivity index (χ4n) is 6.69. The predicted octanol–water partition coefficient (Wildman–Crippen LogP) is 6.78. The number of sulfonamides is 1. The second kappa shape index (κ2) is 13.3. The molecule has 3 aromatic carbocycles. The molecule has 1 N–H and O–H groups in total. The van der Waals surface area contributed by atoms with Crippen molar-refractivity contribution in [3.05, 3.63) is 99.5 Å². The first-order valence-corrected chi connectivity index (χ1v) is 17.5. The summed E-state index contributed by atoms with van der Waals surface area (Å²) in [5.74, 6) is -1.03. The van der Waals surface area contributed by atoms with Crippen LogP contribution in [0.25, 0.3) is 0 Å². The number of carbonyl (C=O) groups excluding carboxylic acids is 1. The number of ether oxygens (including phenoxy) is 1. The summed E-state index contributed by atoms with van der Waals surface area (Å²) in [5.41, 5.74) is 1.22. The van der Waals surface area contributed by atoms with Crippen LogP contribution < -0.4 is 4.74 Å². The summed E-state index contributed by atoms with van der Waals surface area (Å²) in [5, 5.41) is 11.0. The smallest absolute Gasteiger partial charge is 0.304 e. The van der Waals surface area contributed by atoms with E-state index in [0.29, 0.717) is 15.8 Å². The van der Waals surface area contributed by atoms with Crippen LogP contribution in [0.5, 0.6) is 5.75 Å². The highest BCUT2D eigenvalue weighted by Crippen LogP contribution is 2.54. The fourth-order valence-corrected chi connectivity index (χ4v) is 7.82. The lowest BCUT2D eigenvalue weighted by atomic mass is 9.67. The minimum Gasteiger partial charge on any atom is -0.497 e. The zero-order valence-corrected chi connectivity index (χ0v) is 27.9. The molecule has 1 aliphatic heterocycles. The molecule has 0 spiro atoms. The minimum absolute atomic E-state index is 0.0468. The van der Waals surface area contributed by atoms with Crippen molar-refractivity contribution in [1.29, 1.82) is 0 Å². The Hall–Kier alpha value is -3.11. The Bertz CT molecular complexity index is 1660. The minimum atomic E-state index is -3.72. The fraction of sp³-hybridized carbons (Fsp3) is 0.412. The summed E-state index contributed by atoms with van der Waals surface area (Å²) in [6, 6.07) is 21.0. The first kappa shape index (κ1) is 33.3. The van der Waals surface area contributed by atoms with Crippen LogP contribution in [0.15, 0.2) is 72.8 Å². The Kier molecular flexibility index (Phi) is 9.84. The number of hydrogen-bond acceptors (Lipinski definition) is 5. The molecule has 240 valence electrons. The SMILES string of the molecule is COc1cccc(CN(C[C@H](C2CC2)N2C(=O)[C@@](C)(CC(=O)O)C[C@H](c3cccc(Cl)c3)[C@H]2c2ccc(Cl)cc2)S(C)(=O)=O)c1. The highest BCUT2D eigenvalue weighted by atomic mass is 35.5. The third kappa shape index (κ3) is 7.65. The van der Waals surface area contributed by atoms with Crippen LogP contribution >= 0.6 is 23.2 Å². The van der Waals surface area contributed by atoms with Crippen molar-refractivity contribution >= 4 is 45.1 Å². The molecule has 1 saturated carbocycles. The molecule has 11 heteroatoms. The van der Waals surface area contributed by atoms with Gasteiger partial charge in [-0.1, -0.05) is 66.5 Å². The zero-order valence-electron chi connectivity index (χ0n) is 25.5. The first-order valence-electron chi connectivity index (χ1n) is 14.9. The van der Waals surface area contributed by atoms with E-state index in [1.807, 2.05) is 47.4 Å². The van der Waals surface area contributed by atoms with Crippen LogP contribution in [0.2, 0.25) is 10.0 Å². The van der Waals surface area contributed by atoms with Crippen LogP contribution in [-0.4, -0.2) is 60.6 Å². The van der Waals surface area contributed by atoms with Crippen molar-refractivity contribution in [3.8, 4) is 5.75 Å². The van der Waals surface area contributed by atoms with Gasteiger partial charge in [0.2, 0.25) is 15.9 Å². The van der Waals surface area contributed by atoms with E-state index < -0.39 is 33.5 Å². The number of nitrogens with zero attached hydrogens (tertiary/aromatic N) is 2. The molecule has 0 bridgehead atoms. The second-order valence-corrected chi connectivity index (χ2v) is 15.4. The molecule has 1 heterocycles. The summed E-state index contributed by atoms with van der Waals surface area (Å²) < 4.78 is 33.4. The van der Waals surface area contributed by atoms with E-state index in [4.69, 9.17) is 27.9 Å². The Morgan fingerprint density at radius 1 is 1.04 bits per heavy atom. The van der Waals surface area contributed by atoms with Gasteiger partial charge in [0, 0.05) is 35.1 Å². The summed E-state index contributed by atoms with van der Waals surface area (Å²) in [6.07, 6.45) is 2.75. The van der Waals surface area contributed by atoms with E-state index in [0.717, 1.165) is 29.5 Å². The average Bonchev–Trinajstić information content (AvgIpc) is 3.82. The lowest BCUT2D eigenvalue weighted by Gasteiger charge is -2.52. The lowest BCUT2D eigenvalue weighted by Crippen LogP contribution is -2.59. The Morgan fingerprint density at radius 3 is 2.33 bits per heavy atom. The number of hydrogen-bond donors (Lipinski definition) is 1. The van der Waals surface area contributed by atoms with Gasteiger partial charge < -0.3 is 14.7 Å². The van der Waals surface area contributed by atoms with E-state index in [1.165, 1.54) is 10.6 Å². The van der Waals surface area contributed by atoms with Crippen molar-refractivity contribution in [3.63, 3.8) is 0 Å². The molecule has 1 saturated heterocycles. The number of likely N-dealkylation sites (tertiary alicyclic amines) is 1. The zero-order chi connectivity index (χ0) is 32.5. The molecular formula is C34H38Cl2N2O6S. The van der Waals surface area contributed by atoms with E-state index in [1.54, 1.807) is 44.4 Å². The van der Waals surface area contributed by atoms with Crippen LogP contribution in [0.3, 0.4) is 0 Å². The molecule has 3 aromatic rings. The normalized spacial score (nSPS) is 22.8. The Morgan fingerprint density at radius 2 is 1.73 bits per heavy atom. The third-order valence-corrected chi connectivity index (χ3v) is 10.7. The number of aliphatic carboxylic acids is 1. The maximum Gasteiger partial charge on any atom is 0.304 e. The Labute approximate surface area is 274 Å². The van der Waals surface area contributed by atoms with Gasteiger partial charge in [-0.15, -0.1) is 0 Å². The molecule has 0 radical (unpaired) electrons. The monoisotopic (exact) mass is 672 g/mol. The maximum atomic E-state index is 14.7. The molecule has 0 unspecified atom stereocenters. The number of carboxylic acids is 1. The molecule has 45 heavy (non-hydrogen) atoms. The molecule has 2 fully saturated rings. The highest BCUT2D eigenvalue weighted by molar-refractivity contribution is 7.88. The molecule has 0 aromatic heterocycles. The topological polar surface area (TPSA) is 104 Å². The molecule has 4 atom stereocenters. The quantitative estimate of drug-likeness (QED) is 0.227. The molecule has 2 aliphatic rings. The van der Waals surface area contributed by atoms with Crippen LogP contribution in [0, 0.1) is 11.3 Å². The van der Waals surface area contributed by atoms with Crippen LogP contribution in [-0.2, 0) is 26.2 Å². The number of methoxy groups -OCH3 is 1. The van der Waals surface area contributed by atoms with Crippen molar-refractivity contribution in [2.75, 3.05) is 19.9 Å². The van der Waals surface area contributed by atoms with E-state index in [9.17, 15) is 23.1 Å². The van der Waals surface area contributed by atoms with Gasteiger partial charge in [-0.2, -0.15) is 4.31 Å². The number of rotatable bonds is 12. The number of carboxylic acid groups (broad SMARTS) is 1. The summed E-state index contributed by atoms with van der Waals surface area (Å²) in [4.78, 5) is 28.7. The maximum absolute atomic E-state index is 14.7. The summed E-state index contributed by atoms with van der Waals surface area (Å²) in [7, 11) is -2.17. The van der Waals surface area contributed by atoms with Gasteiger partial charge in [0.05, 0.1) is 31.2 Å². The van der Waals surface area contributed by atoms with Crippen LogP contribution in [0.1, 0.15) is 61.3 Å². The van der Waals surface area contributed by atoms with Crippen molar-refractivity contribution in [2.45, 2.75) is 57.2 Å². The van der Waals surface area contributed by atoms with Crippen molar-refractivity contribution in [2.24, 2.45) is 11.3 Å². The Balaban J connectivity index is 1.65. The molecular weight excluding hydrogens is 635 g/mol. The second-order valence-electron chi connectivity index (χ2n) is 12.5. The molecule has 5 rings (SSSR count). The van der Waals surface area contributed by atoms with Crippen LogP contribution in [0.4, 0.5) is 0 Å². The summed E-state index contributed by atoms with van der Waals surface area (Å²) >= 11 is 12.8. The first-order chi connectivity index (χ1) is 21.3. The average molecular weight is 674 g/mol. The van der Waals surface area contributed by atoms with Crippen molar-refractivity contribution in [1.82, 2.24) is 9.21 Å².